The monoisotopic (exact) mass is 389 g/mol. The van der Waals surface area contributed by atoms with E-state index in [-0.39, 0.29) is 13.2 Å². The number of esters is 1. The molecular weight excluding hydrogens is 369 g/mol. The number of amides is 1. The quantitative estimate of drug-likeness (QED) is 0.523. The third kappa shape index (κ3) is 6.01. The molecule has 28 heavy (non-hydrogen) atoms. The highest BCUT2D eigenvalue weighted by atomic mass is 19.1. The predicted octanol–water partition coefficient (Wildman–Crippen LogP) is 2.46. The maximum Gasteiger partial charge on any atom is 0.331 e. The molecule has 8 heteroatoms. The Hall–Kier alpha value is -3.55. The van der Waals surface area contributed by atoms with Gasteiger partial charge >= 0.3 is 5.97 Å². The van der Waals surface area contributed by atoms with Crippen LogP contribution in [0.15, 0.2) is 42.5 Å². The van der Waals surface area contributed by atoms with Gasteiger partial charge in [0.05, 0.1) is 14.2 Å². The minimum absolute atomic E-state index is 0.132. The van der Waals surface area contributed by atoms with E-state index in [2.05, 4.69) is 0 Å². The van der Waals surface area contributed by atoms with Crippen molar-refractivity contribution >= 4 is 18.0 Å². The summed E-state index contributed by atoms with van der Waals surface area (Å²) in [6.07, 6.45) is 2.75. The second-order valence-electron chi connectivity index (χ2n) is 5.56. The summed E-state index contributed by atoms with van der Waals surface area (Å²) in [6.45, 7) is -0.408. The number of primary amides is 1. The van der Waals surface area contributed by atoms with Crippen molar-refractivity contribution in [2.45, 2.75) is 6.61 Å². The van der Waals surface area contributed by atoms with E-state index in [4.69, 9.17) is 24.7 Å². The van der Waals surface area contributed by atoms with Gasteiger partial charge in [-0.25, -0.2) is 9.18 Å². The highest BCUT2D eigenvalue weighted by molar-refractivity contribution is 5.87. The fraction of sp³-hybridized carbons (Fsp3) is 0.200. The minimum Gasteiger partial charge on any atom is -0.496 e. The lowest BCUT2D eigenvalue weighted by atomic mass is 10.2. The molecule has 0 spiro atoms. The first-order chi connectivity index (χ1) is 13.4. The molecule has 0 bridgehead atoms. The van der Waals surface area contributed by atoms with E-state index in [1.807, 2.05) is 0 Å². The molecule has 7 nitrogen and oxygen atoms in total. The molecule has 0 aliphatic heterocycles. The zero-order valence-corrected chi connectivity index (χ0v) is 15.4. The van der Waals surface area contributed by atoms with Crippen LogP contribution in [0, 0.1) is 5.82 Å². The van der Waals surface area contributed by atoms with Gasteiger partial charge in [0.25, 0.3) is 5.91 Å². The number of hydrogen-bond acceptors (Lipinski definition) is 6. The minimum atomic E-state index is -0.612. The number of hydrogen-bond donors (Lipinski definition) is 1. The molecule has 0 aliphatic carbocycles. The molecule has 0 saturated carbocycles. The van der Waals surface area contributed by atoms with Crippen LogP contribution in [0.25, 0.3) is 6.08 Å². The van der Waals surface area contributed by atoms with Crippen molar-refractivity contribution < 1.29 is 32.9 Å². The van der Waals surface area contributed by atoms with Gasteiger partial charge in [-0.1, -0.05) is 6.07 Å². The van der Waals surface area contributed by atoms with Gasteiger partial charge in [0, 0.05) is 11.6 Å². The number of nitrogens with two attached hydrogens (primary N) is 1. The molecule has 0 unspecified atom stereocenters. The maximum absolute atomic E-state index is 13.3. The van der Waals surface area contributed by atoms with Crippen molar-refractivity contribution in [3.05, 3.63) is 59.4 Å². The van der Waals surface area contributed by atoms with Gasteiger partial charge in [-0.2, -0.15) is 0 Å². The van der Waals surface area contributed by atoms with E-state index >= 15 is 0 Å². The van der Waals surface area contributed by atoms with Crippen LogP contribution in [0.3, 0.4) is 0 Å². The summed E-state index contributed by atoms with van der Waals surface area (Å²) in [5.41, 5.74) is 6.10. The summed E-state index contributed by atoms with van der Waals surface area (Å²) in [7, 11) is 2.89. The zero-order chi connectivity index (χ0) is 20.5. The fourth-order valence-electron chi connectivity index (χ4n) is 2.28. The van der Waals surface area contributed by atoms with Gasteiger partial charge in [-0.3, -0.25) is 4.79 Å². The first kappa shape index (κ1) is 20.8. The van der Waals surface area contributed by atoms with Crippen LogP contribution in [-0.4, -0.2) is 32.7 Å². The Labute approximate surface area is 161 Å². The van der Waals surface area contributed by atoms with Gasteiger partial charge < -0.3 is 24.7 Å². The van der Waals surface area contributed by atoms with Gasteiger partial charge in [-0.05, 0) is 42.0 Å². The van der Waals surface area contributed by atoms with Crippen molar-refractivity contribution in [3.63, 3.8) is 0 Å². The predicted molar refractivity (Wildman–Crippen MR) is 99.5 cm³/mol. The van der Waals surface area contributed by atoms with Gasteiger partial charge in [-0.15, -0.1) is 0 Å². The van der Waals surface area contributed by atoms with Crippen LogP contribution < -0.4 is 19.9 Å². The van der Waals surface area contributed by atoms with Crippen molar-refractivity contribution in [1.82, 2.24) is 0 Å². The molecule has 0 radical (unpaired) electrons. The molecule has 2 rings (SSSR count). The van der Waals surface area contributed by atoms with Gasteiger partial charge in [0.15, 0.2) is 18.1 Å². The Balaban J connectivity index is 2.00. The SMILES string of the molecule is COc1ccc(F)cc1COC(=O)/C=C/c1ccc(OCC(N)=O)c(OC)c1. The van der Waals surface area contributed by atoms with Crippen LogP contribution in [0.4, 0.5) is 4.39 Å². The van der Waals surface area contributed by atoms with Crippen LogP contribution in [0.1, 0.15) is 11.1 Å². The van der Waals surface area contributed by atoms with Crippen LogP contribution in [0.2, 0.25) is 0 Å². The molecular formula is C20H20FNO6. The van der Waals surface area contributed by atoms with E-state index in [9.17, 15) is 14.0 Å². The summed E-state index contributed by atoms with van der Waals surface area (Å²) in [5.74, 6) is -0.522. The Morgan fingerprint density at radius 3 is 2.43 bits per heavy atom. The Morgan fingerprint density at radius 2 is 1.75 bits per heavy atom. The topological polar surface area (TPSA) is 97.1 Å². The molecule has 0 fully saturated rings. The summed E-state index contributed by atoms with van der Waals surface area (Å²) in [6, 6.07) is 8.83. The third-order valence-electron chi connectivity index (χ3n) is 3.58. The van der Waals surface area contributed by atoms with Gasteiger partial charge in [0.1, 0.15) is 18.2 Å². The third-order valence-corrected chi connectivity index (χ3v) is 3.58. The average Bonchev–Trinajstić information content (AvgIpc) is 2.69. The number of rotatable bonds is 9. The number of methoxy groups -OCH3 is 2. The van der Waals surface area contributed by atoms with Crippen LogP contribution in [-0.2, 0) is 20.9 Å². The number of carbonyl (C=O) groups is 2. The zero-order valence-electron chi connectivity index (χ0n) is 15.4. The Bertz CT molecular complexity index is 881. The summed E-state index contributed by atoms with van der Waals surface area (Å²) in [5, 5.41) is 0. The lowest BCUT2D eigenvalue weighted by molar-refractivity contribution is -0.139. The molecule has 148 valence electrons. The first-order valence-corrected chi connectivity index (χ1v) is 8.19. The van der Waals surface area contributed by atoms with E-state index in [1.54, 1.807) is 18.2 Å². The number of carbonyl (C=O) groups excluding carboxylic acids is 2. The Morgan fingerprint density at radius 1 is 1.04 bits per heavy atom. The summed E-state index contributed by atoms with van der Waals surface area (Å²) in [4.78, 5) is 22.7. The van der Waals surface area contributed by atoms with E-state index in [0.29, 0.717) is 28.4 Å². The Kier molecular flexibility index (Phi) is 7.38. The summed E-state index contributed by atoms with van der Waals surface area (Å²) >= 11 is 0. The standard InChI is InChI=1S/C20H20FNO6/c1-25-16-7-5-15(21)10-14(16)11-28-20(24)8-4-13-3-6-17(18(9-13)26-2)27-12-19(22)23/h3-10H,11-12H2,1-2H3,(H2,22,23)/b8-4+. The van der Waals surface area contributed by atoms with Crippen molar-refractivity contribution in [2.75, 3.05) is 20.8 Å². The van der Waals surface area contributed by atoms with E-state index in [1.165, 1.54) is 44.6 Å². The molecule has 0 aromatic heterocycles. The molecule has 0 atom stereocenters. The maximum atomic E-state index is 13.3. The normalized spacial score (nSPS) is 10.5. The van der Waals surface area contributed by atoms with E-state index in [0.717, 1.165) is 0 Å². The van der Waals surface area contributed by atoms with Crippen LogP contribution in [0.5, 0.6) is 17.2 Å². The smallest absolute Gasteiger partial charge is 0.331 e. The second-order valence-corrected chi connectivity index (χ2v) is 5.56. The molecule has 2 aromatic carbocycles. The average molecular weight is 389 g/mol. The number of benzene rings is 2. The molecule has 0 saturated heterocycles. The highest BCUT2D eigenvalue weighted by Gasteiger charge is 2.08. The number of halogens is 1. The molecule has 2 aromatic rings. The molecule has 0 aliphatic rings. The fourth-order valence-corrected chi connectivity index (χ4v) is 2.28. The molecule has 2 N–H and O–H groups in total. The largest absolute Gasteiger partial charge is 0.496 e. The van der Waals surface area contributed by atoms with Crippen molar-refractivity contribution in [3.8, 4) is 17.2 Å². The highest BCUT2D eigenvalue weighted by Crippen LogP contribution is 2.28. The second kappa shape index (κ2) is 9.96. The van der Waals surface area contributed by atoms with E-state index < -0.39 is 17.7 Å². The van der Waals surface area contributed by atoms with Crippen molar-refractivity contribution in [2.24, 2.45) is 5.73 Å². The first-order valence-electron chi connectivity index (χ1n) is 8.19. The summed E-state index contributed by atoms with van der Waals surface area (Å²) < 4.78 is 34.0. The van der Waals surface area contributed by atoms with Gasteiger partial charge in [0.2, 0.25) is 0 Å². The van der Waals surface area contributed by atoms with Crippen LogP contribution >= 0.6 is 0 Å². The molecule has 1 amide bonds. The van der Waals surface area contributed by atoms with Crippen molar-refractivity contribution in [1.29, 1.82) is 0 Å². The molecule has 0 heterocycles. The lowest BCUT2D eigenvalue weighted by Crippen LogP contribution is -2.20. The number of ether oxygens (including phenoxy) is 4. The lowest BCUT2D eigenvalue weighted by Gasteiger charge is -2.10.